The largest absolute Gasteiger partial charge is 0.383 e. The monoisotopic (exact) mass is 279 g/mol. The van der Waals surface area contributed by atoms with Gasteiger partial charge in [-0.2, -0.15) is 0 Å². The maximum atomic E-state index is 12.1. The Hall–Kier alpha value is -2.11. The summed E-state index contributed by atoms with van der Waals surface area (Å²) in [5.41, 5.74) is 0.484. The van der Waals surface area contributed by atoms with Crippen LogP contribution < -0.4 is 10.6 Å². The highest BCUT2D eigenvalue weighted by Gasteiger charge is 2.23. The van der Waals surface area contributed by atoms with Crippen LogP contribution in [0.2, 0.25) is 0 Å². The summed E-state index contributed by atoms with van der Waals surface area (Å²) in [6.45, 7) is 7.97. The summed E-state index contributed by atoms with van der Waals surface area (Å²) < 4.78 is 0. The molecule has 1 atom stereocenters. The Kier molecular flexibility index (Phi) is 4.70. The molecule has 6 heteroatoms. The van der Waals surface area contributed by atoms with Gasteiger partial charge in [-0.15, -0.1) is 0 Å². The van der Waals surface area contributed by atoms with Gasteiger partial charge in [0.15, 0.2) is 0 Å². The molecule has 1 unspecified atom stereocenters. The van der Waals surface area contributed by atoms with Crippen LogP contribution in [0, 0.1) is 15.5 Å². The zero-order valence-electron chi connectivity index (χ0n) is 12.5. The number of anilines is 1. The van der Waals surface area contributed by atoms with Gasteiger partial charge in [0.25, 0.3) is 11.6 Å². The van der Waals surface area contributed by atoms with Crippen molar-refractivity contribution < 1.29 is 9.72 Å². The fourth-order valence-corrected chi connectivity index (χ4v) is 1.53. The fraction of sp³-hybridized carbons (Fsp3) is 0.500. The zero-order valence-corrected chi connectivity index (χ0v) is 12.5. The second-order valence-electron chi connectivity index (χ2n) is 5.80. The SMILES string of the molecule is CNc1ccc(C(=O)NC(C)C(C)(C)C)cc1[N+](=O)[O-]. The van der Waals surface area contributed by atoms with Gasteiger partial charge in [0.1, 0.15) is 5.69 Å². The van der Waals surface area contributed by atoms with Crippen LogP contribution in [0.5, 0.6) is 0 Å². The topological polar surface area (TPSA) is 84.3 Å². The molecule has 0 saturated carbocycles. The second-order valence-corrected chi connectivity index (χ2v) is 5.80. The molecule has 0 aliphatic rings. The summed E-state index contributed by atoms with van der Waals surface area (Å²) in [5.74, 6) is -0.307. The highest BCUT2D eigenvalue weighted by molar-refractivity contribution is 5.95. The van der Waals surface area contributed by atoms with Crippen molar-refractivity contribution in [3.05, 3.63) is 33.9 Å². The van der Waals surface area contributed by atoms with Crippen molar-refractivity contribution in [1.29, 1.82) is 0 Å². The lowest BCUT2D eigenvalue weighted by molar-refractivity contribution is -0.384. The lowest BCUT2D eigenvalue weighted by Gasteiger charge is -2.28. The molecular weight excluding hydrogens is 258 g/mol. The molecule has 0 aliphatic heterocycles. The van der Waals surface area contributed by atoms with Gasteiger partial charge in [-0.1, -0.05) is 20.8 Å². The number of nitro groups is 1. The maximum absolute atomic E-state index is 12.1. The van der Waals surface area contributed by atoms with E-state index in [4.69, 9.17) is 0 Å². The number of hydrogen-bond acceptors (Lipinski definition) is 4. The molecule has 0 spiro atoms. The second kappa shape index (κ2) is 5.90. The minimum atomic E-state index is -0.504. The third-order valence-corrected chi connectivity index (χ3v) is 3.37. The number of nitrogens with zero attached hydrogens (tertiary/aromatic N) is 1. The number of nitro benzene ring substituents is 1. The van der Waals surface area contributed by atoms with Crippen LogP contribution in [0.3, 0.4) is 0 Å². The van der Waals surface area contributed by atoms with E-state index in [1.165, 1.54) is 12.1 Å². The summed E-state index contributed by atoms with van der Waals surface area (Å²) >= 11 is 0. The fourth-order valence-electron chi connectivity index (χ4n) is 1.53. The Balaban J connectivity index is 3.00. The molecule has 0 bridgehead atoms. The van der Waals surface area contributed by atoms with Crippen molar-refractivity contribution in [2.75, 3.05) is 12.4 Å². The molecule has 0 aliphatic carbocycles. The lowest BCUT2D eigenvalue weighted by atomic mass is 9.88. The first kappa shape index (κ1) is 15.9. The lowest BCUT2D eigenvalue weighted by Crippen LogP contribution is -2.41. The van der Waals surface area contributed by atoms with E-state index in [-0.39, 0.29) is 28.6 Å². The van der Waals surface area contributed by atoms with Gasteiger partial charge in [-0.25, -0.2) is 0 Å². The molecule has 0 saturated heterocycles. The third kappa shape index (κ3) is 3.69. The number of carbonyl (C=O) groups is 1. The smallest absolute Gasteiger partial charge is 0.293 e. The van der Waals surface area contributed by atoms with Crippen LogP contribution in [0.25, 0.3) is 0 Å². The first-order valence-electron chi connectivity index (χ1n) is 6.44. The van der Waals surface area contributed by atoms with Crippen molar-refractivity contribution in [2.24, 2.45) is 5.41 Å². The van der Waals surface area contributed by atoms with E-state index in [0.29, 0.717) is 5.69 Å². The Bertz CT molecular complexity index is 521. The van der Waals surface area contributed by atoms with Gasteiger partial charge < -0.3 is 10.6 Å². The summed E-state index contributed by atoms with van der Waals surface area (Å²) in [6.07, 6.45) is 0. The predicted molar refractivity (Wildman–Crippen MR) is 79.0 cm³/mol. The van der Waals surface area contributed by atoms with E-state index in [1.54, 1.807) is 13.1 Å². The van der Waals surface area contributed by atoms with E-state index >= 15 is 0 Å². The zero-order chi connectivity index (χ0) is 15.5. The van der Waals surface area contributed by atoms with Crippen LogP contribution >= 0.6 is 0 Å². The summed E-state index contributed by atoms with van der Waals surface area (Å²) in [4.78, 5) is 22.6. The average Bonchev–Trinajstić information content (AvgIpc) is 2.36. The molecule has 20 heavy (non-hydrogen) atoms. The van der Waals surface area contributed by atoms with Crippen molar-refractivity contribution >= 4 is 17.3 Å². The molecule has 2 N–H and O–H groups in total. The van der Waals surface area contributed by atoms with Crippen LogP contribution in [0.15, 0.2) is 18.2 Å². The first-order valence-corrected chi connectivity index (χ1v) is 6.44. The van der Waals surface area contributed by atoms with Crippen LogP contribution in [0.4, 0.5) is 11.4 Å². The minimum Gasteiger partial charge on any atom is -0.383 e. The molecule has 1 amide bonds. The molecule has 1 rings (SSSR count). The number of rotatable bonds is 4. The van der Waals surface area contributed by atoms with Gasteiger partial charge >= 0.3 is 0 Å². The maximum Gasteiger partial charge on any atom is 0.293 e. The number of nitrogens with one attached hydrogen (secondary N) is 2. The van der Waals surface area contributed by atoms with Crippen LogP contribution in [-0.2, 0) is 0 Å². The molecule has 0 fully saturated rings. The van der Waals surface area contributed by atoms with E-state index in [9.17, 15) is 14.9 Å². The van der Waals surface area contributed by atoms with Crippen molar-refractivity contribution in [3.63, 3.8) is 0 Å². The molecule has 0 heterocycles. The highest BCUT2D eigenvalue weighted by Crippen LogP contribution is 2.25. The predicted octanol–water partition coefficient (Wildman–Crippen LogP) is 2.80. The van der Waals surface area contributed by atoms with Crippen molar-refractivity contribution in [1.82, 2.24) is 5.32 Å². The van der Waals surface area contributed by atoms with Gasteiger partial charge in [0.2, 0.25) is 0 Å². The summed E-state index contributed by atoms with van der Waals surface area (Å²) in [6, 6.07) is 4.35. The minimum absolute atomic E-state index is 0.0435. The van der Waals surface area contributed by atoms with Crippen molar-refractivity contribution in [3.8, 4) is 0 Å². The van der Waals surface area contributed by atoms with Gasteiger partial charge in [0.05, 0.1) is 4.92 Å². The Morgan fingerprint density at radius 3 is 2.40 bits per heavy atom. The molecular formula is C14H21N3O3. The number of hydrogen-bond donors (Lipinski definition) is 2. The molecule has 1 aromatic carbocycles. The average molecular weight is 279 g/mol. The number of benzene rings is 1. The van der Waals surface area contributed by atoms with Gasteiger partial charge in [-0.3, -0.25) is 14.9 Å². The quantitative estimate of drug-likeness (QED) is 0.655. The third-order valence-electron chi connectivity index (χ3n) is 3.37. The molecule has 0 radical (unpaired) electrons. The van der Waals surface area contributed by atoms with Gasteiger partial charge in [-0.05, 0) is 24.5 Å². The normalized spacial score (nSPS) is 12.7. The van der Waals surface area contributed by atoms with E-state index in [2.05, 4.69) is 10.6 Å². The number of carbonyl (C=O) groups excluding carboxylic acids is 1. The van der Waals surface area contributed by atoms with E-state index < -0.39 is 4.92 Å². The Labute approximate surface area is 118 Å². The summed E-state index contributed by atoms with van der Waals surface area (Å²) in [5, 5.41) is 16.6. The standard InChI is InChI=1S/C14H21N3O3/c1-9(14(2,3)4)16-13(18)10-6-7-11(15-5)12(8-10)17(19)20/h6-9,15H,1-5H3,(H,16,18). The first-order chi connectivity index (χ1) is 9.16. The van der Waals surface area contributed by atoms with E-state index in [1.807, 2.05) is 27.7 Å². The molecule has 0 aromatic heterocycles. The Morgan fingerprint density at radius 2 is 1.95 bits per heavy atom. The van der Waals surface area contributed by atoms with Crippen molar-refractivity contribution in [2.45, 2.75) is 33.7 Å². The summed E-state index contributed by atoms with van der Waals surface area (Å²) in [7, 11) is 1.60. The van der Waals surface area contributed by atoms with Crippen LogP contribution in [0.1, 0.15) is 38.1 Å². The van der Waals surface area contributed by atoms with Gasteiger partial charge in [0, 0.05) is 24.7 Å². The Morgan fingerprint density at radius 1 is 1.35 bits per heavy atom. The molecule has 6 nitrogen and oxygen atoms in total. The highest BCUT2D eigenvalue weighted by atomic mass is 16.6. The number of amides is 1. The molecule has 110 valence electrons. The molecule has 1 aromatic rings. The van der Waals surface area contributed by atoms with E-state index in [0.717, 1.165) is 0 Å². The van der Waals surface area contributed by atoms with Crippen LogP contribution in [-0.4, -0.2) is 23.9 Å².